The number of hydrogen-bond acceptors (Lipinski definition) is 4. The molecule has 4 rings (SSSR count). The molecule has 0 saturated carbocycles. The number of pyridine rings is 1. The Kier molecular flexibility index (Phi) is 5.07. The van der Waals surface area contributed by atoms with Crippen molar-refractivity contribution in [1.29, 1.82) is 0 Å². The van der Waals surface area contributed by atoms with Crippen LogP contribution in [0, 0.1) is 6.92 Å². The van der Waals surface area contributed by atoms with Gasteiger partial charge in [-0.05, 0) is 36.2 Å². The Bertz CT molecular complexity index is 911. The summed E-state index contributed by atoms with van der Waals surface area (Å²) >= 11 is 0. The van der Waals surface area contributed by atoms with E-state index in [1.807, 2.05) is 37.3 Å². The smallest absolute Gasteiger partial charge is 0.216 e. The van der Waals surface area contributed by atoms with Gasteiger partial charge < -0.3 is 14.7 Å². The second kappa shape index (κ2) is 7.80. The molecule has 1 fully saturated rings. The quantitative estimate of drug-likeness (QED) is 0.740. The Balaban J connectivity index is 1.51. The Labute approximate surface area is 160 Å². The van der Waals surface area contributed by atoms with E-state index in [2.05, 4.69) is 40.2 Å². The average molecular weight is 360 g/mol. The molecular formula is C23H24N2O2. The molecule has 0 bridgehead atoms. The van der Waals surface area contributed by atoms with Crippen molar-refractivity contribution in [2.75, 3.05) is 18.0 Å². The first kappa shape index (κ1) is 17.6. The molecule has 0 unspecified atom stereocenters. The van der Waals surface area contributed by atoms with E-state index >= 15 is 0 Å². The third-order valence-electron chi connectivity index (χ3n) is 5.08. The van der Waals surface area contributed by atoms with E-state index in [0.717, 1.165) is 47.5 Å². The molecule has 2 aromatic carbocycles. The molecule has 0 amide bonds. The van der Waals surface area contributed by atoms with Crippen LogP contribution in [0.25, 0.3) is 11.1 Å². The summed E-state index contributed by atoms with van der Waals surface area (Å²) in [4.78, 5) is 6.63. The number of aliphatic hydroxyl groups is 1. The molecule has 1 aliphatic heterocycles. The van der Waals surface area contributed by atoms with Crippen molar-refractivity contribution in [3.8, 4) is 17.0 Å². The zero-order valence-electron chi connectivity index (χ0n) is 15.5. The highest BCUT2D eigenvalue weighted by Gasteiger charge is 2.26. The molecule has 1 aromatic heterocycles. The second-order valence-corrected chi connectivity index (χ2v) is 6.97. The van der Waals surface area contributed by atoms with E-state index in [1.165, 1.54) is 0 Å². The molecule has 1 N–H and O–H groups in total. The van der Waals surface area contributed by atoms with Crippen LogP contribution in [0.1, 0.15) is 17.5 Å². The largest absolute Gasteiger partial charge is 0.472 e. The predicted molar refractivity (Wildman–Crippen MR) is 108 cm³/mol. The molecule has 1 atom stereocenters. The van der Waals surface area contributed by atoms with Crippen LogP contribution in [0.2, 0.25) is 0 Å². The summed E-state index contributed by atoms with van der Waals surface area (Å²) in [6.07, 6.45) is 2.82. The zero-order valence-corrected chi connectivity index (χ0v) is 15.5. The number of hydrogen-bond donors (Lipinski definition) is 1. The minimum Gasteiger partial charge on any atom is -0.472 e. The summed E-state index contributed by atoms with van der Waals surface area (Å²) in [7, 11) is 0. The molecule has 3 aromatic rings. The Morgan fingerprint density at radius 2 is 1.93 bits per heavy atom. The van der Waals surface area contributed by atoms with Crippen LogP contribution < -0.4 is 9.64 Å². The standard InChI is InChI=1S/C23H24N2O2/c1-17-6-5-12-24-23(17)27-21-11-13-25(15-21)22-10-9-19(14-20(22)16-26)18-7-3-2-4-8-18/h2-10,12,14,21,26H,11,13,15-16H2,1H3/t21-/m0/s1. The first-order chi connectivity index (χ1) is 13.2. The van der Waals surface area contributed by atoms with Crippen LogP contribution in [-0.2, 0) is 6.61 Å². The second-order valence-electron chi connectivity index (χ2n) is 6.97. The highest BCUT2D eigenvalue weighted by atomic mass is 16.5. The van der Waals surface area contributed by atoms with Gasteiger partial charge in [0.2, 0.25) is 5.88 Å². The van der Waals surface area contributed by atoms with Gasteiger partial charge in [-0.25, -0.2) is 4.98 Å². The molecule has 138 valence electrons. The van der Waals surface area contributed by atoms with Gasteiger partial charge in [0.1, 0.15) is 6.10 Å². The topological polar surface area (TPSA) is 45.6 Å². The third-order valence-corrected chi connectivity index (χ3v) is 5.08. The Morgan fingerprint density at radius 1 is 1.07 bits per heavy atom. The van der Waals surface area contributed by atoms with Crippen molar-refractivity contribution in [2.24, 2.45) is 0 Å². The average Bonchev–Trinajstić information content (AvgIpc) is 3.18. The van der Waals surface area contributed by atoms with E-state index in [-0.39, 0.29) is 12.7 Å². The fraction of sp³-hybridized carbons (Fsp3) is 0.261. The van der Waals surface area contributed by atoms with Crippen molar-refractivity contribution in [3.63, 3.8) is 0 Å². The van der Waals surface area contributed by atoms with Crippen LogP contribution in [0.15, 0.2) is 66.9 Å². The number of ether oxygens (including phenoxy) is 1. The number of aryl methyl sites for hydroxylation is 1. The van der Waals surface area contributed by atoms with Gasteiger partial charge in [-0.3, -0.25) is 0 Å². The van der Waals surface area contributed by atoms with Crippen molar-refractivity contribution in [3.05, 3.63) is 78.0 Å². The molecule has 0 radical (unpaired) electrons. The van der Waals surface area contributed by atoms with Gasteiger partial charge in [0.05, 0.1) is 13.2 Å². The van der Waals surface area contributed by atoms with Crippen LogP contribution in [0.4, 0.5) is 5.69 Å². The fourth-order valence-electron chi connectivity index (χ4n) is 3.63. The van der Waals surface area contributed by atoms with Gasteiger partial charge in [-0.2, -0.15) is 0 Å². The van der Waals surface area contributed by atoms with Gasteiger partial charge in [-0.1, -0.05) is 42.5 Å². The van der Waals surface area contributed by atoms with E-state index in [0.29, 0.717) is 5.88 Å². The van der Waals surface area contributed by atoms with E-state index in [1.54, 1.807) is 6.20 Å². The van der Waals surface area contributed by atoms with Crippen LogP contribution in [0.3, 0.4) is 0 Å². The number of aliphatic hydroxyl groups excluding tert-OH is 1. The summed E-state index contributed by atoms with van der Waals surface area (Å²) in [5.74, 6) is 0.714. The SMILES string of the molecule is Cc1cccnc1O[C@H]1CCN(c2ccc(-c3ccccc3)cc2CO)C1. The van der Waals surface area contributed by atoms with Gasteiger partial charge in [0.15, 0.2) is 0 Å². The molecule has 0 spiro atoms. The lowest BCUT2D eigenvalue weighted by Gasteiger charge is -2.22. The summed E-state index contributed by atoms with van der Waals surface area (Å²) < 4.78 is 6.11. The summed E-state index contributed by atoms with van der Waals surface area (Å²) in [6.45, 7) is 3.75. The number of benzene rings is 2. The molecule has 0 aliphatic carbocycles. The minimum atomic E-state index is 0.0252. The van der Waals surface area contributed by atoms with Gasteiger partial charge in [0, 0.05) is 36.0 Å². The summed E-state index contributed by atoms with van der Waals surface area (Å²) in [6, 6.07) is 20.5. The number of aromatic nitrogens is 1. The molecule has 27 heavy (non-hydrogen) atoms. The number of anilines is 1. The monoisotopic (exact) mass is 360 g/mol. The lowest BCUT2D eigenvalue weighted by molar-refractivity contribution is 0.214. The maximum atomic E-state index is 9.92. The van der Waals surface area contributed by atoms with Crippen LogP contribution in [0.5, 0.6) is 5.88 Å². The van der Waals surface area contributed by atoms with E-state index in [9.17, 15) is 5.11 Å². The highest BCUT2D eigenvalue weighted by Crippen LogP contribution is 2.31. The predicted octanol–water partition coefficient (Wildman–Crippen LogP) is 4.21. The van der Waals surface area contributed by atoms with Crippen molar-refractivity contribution < 1.29 is 9.84 Å². The van der Waals surface area contributed by atoms with Crippen molar-refractivity contribution in [2.45, 2.75) is 26.1 Å². The van der Waals surface area contributed by atoms with Crippen LogP contribution >= 0.6 is 0 Å². The molecule has 4 nitrogen and oxygen atoms in total. The normalized spacial score (nSPS) is 16.5. The molecule has 2 heterocycles. The maximum Gasteiger partial charge on any atom is 0.216 e. The van der Waals surface area contributed by atoms with E-state index < -0.39 is 0 Å². The first-order valence-electron chi connectivity index (χ1n) is 9.37. The summed E-state index contributed by atoms with van der Waals surface area (Å²) in [5.41, 5.74) is 5.37. The van der Waals surface area contributed by atoms with Crippen molar-refractivity contribution >= 4 is 5.69 Å². The number of rotatable bonds is 5. The van der Waals surface area contributed by atoms with Crippen molar-refractivity contribution in [1.82, 2.24) is 4.98 Å². The number of nitrogens with zero attached hydrogens (tertiary/aromatic N) is 2. The fourth-order valence-corrected chi connectivity index (χ4v) is 3.63. The van der Waals surface area contributed by atoms with Gasteiger partial charge in [-0.15, -0.1) is 0 Å². The lowest BCUT2D eigenvalue weighted by atomic mass is 10.0. The molecule has 4 heteroatoms. The van der Waals surface area contributed by atoms with E-state index in [4.69, 9.17) is 4.74 Å². The molecular weight excluding hydrogens is 336 g/mol. The highest BCUT2D eigenvalue weighted by molar-refractivity contribution is 5.69. The van der Waals surface area contributed by atoms with Gasteiger partial charge in [0.25, 0.3) is 0 Å². The summed E-state index contributed by atoms with van der Waals surface area (Å²) in [5, 5.41) is 9.92. The zero-order chi connectivity index (χ0) is 18.6. The minimum absolute atomic E-state index is 0.0252. The lowest BCUT2D eigenvalue weighted by Crippen LogP contribution is -2.25. The molecule has 1 saturated heterocycles. The van der Waals surface area contributed by atoms with Crippen LogP contribution in [-0.4, -0.2) is 29.3 Å². The Hall–Kier alpha value is -2.85. The third kappa shape index (κ3) is 3.81. The first-order valence-corrected chi connectivity index (χ1v) is 9.37. The van der Waals surface area contributed by atoms with Gasteiger partial charge >= 0.3 is 0 Å². The Morgan fingerprint density at radius 3 is 2.70 bits per heavy atom. The maximum absolute atomic E-state index is 9.92. The molecule has 1 aliphatic rings.